The first-order chi connectivity index (χ1) is 10.4. The Bertz CT molecular complexity index is 751. The molecular formula is C14H17N3O4S. The molecular weight excluding hydrogens is 306 g/mol. The summed E-state index contributed by atoms with van der Waals surface area (Å²) in [6.45, 7) is 3.83. The van der Waals surface area contributed by atoms with E-state index in [-0.39, 0.29) is 11.4 Å². The molecule has 118 valence electrons. The highest BCUT2D eigenvalue weighted by Gasteiger charge is 2.17. The Hall–Kier alpha value is -2.35. The van der Waals surface area contributed by atoms with Gasteiger partial charge >= 0.3 is 6.03 Å². The van der Waals surface area contributed by atoms with E-state index in [0.717, 1.165) is 5.56 Å². The van der Waals surface area contributed by atoms with Crippen molar-refractivity contribution in [2.45, 2.75) is 25.2 Å². The van der Waals surface area contributed by atoms with Gasteiger partial charge in [-0.05, 0) is 26.0 Å². The second-order valence-corrected chi connectivity index (χ2v) is 6.47. The number of carbonyl (C=O) groups is 1. The van der Waals surface area contributed by atoms with Gasteiger partial charge < -0.3 is 9.73 Å². The van der Waals surface area contributed by atoms with Crippen molar-refractivity contribution in [2.75, 3.05) is 6.54 Å². The van der Waals surface area contributed by atoms with Gasteiger partial charge in [0, 0.05) is 13.0 Å². The summed E-state index contributed by atoms with van der Waals surface area (Å²) in [5.41, 5.74) is 0.935. The molecule has 0 bridgehead atoms. The van der Waals surface area contributed by atoms with Crippen molar-refractivity contribution < 1.29 is 17.6 Å². The molecule has 1 aromatic heterocycles. The van der Waals surface area contributed by atoms with E-state index in [9.17, 15) is 13.2 Å². The fraction of sp³-hybridized carbons (Fsp3) is 0.286. The van der Waals surface area contributed by atoms with Crippen LogP contribution in [-0.2, 0) is 16.4 Å². The first-order valence-electron chi connectivity index (χ1n) is 6.65. The Morgan fingerprint density at radius 2 is 1.91 bits per heavy atom. The van der Waals surface area contributed by atoms with Gasteiger partial charge in [-0.1, -0.05) is 17.7 Å². The summed E-state index contributed by atoms with van der Waals surface area (Å²) in [5.74, 6) is 1.17. The molecule has 0 unspecified atom stereocenters. The van der Waals surface area contributed by atoms with Gasteiger partial charge in [-0.2, -0.15) is 0 Å². The maximum Gasteiger partial charge on any atom is 0.328 e. The molecule has 0 atom stereocenters. The van der Waals surface area contributed by atoms with Gasteiger partial charge in [0.15, 0.2) is 5.89 Å². The van der Waals surface area contributed by atoms with Crippen LogP contribution >= 0.6 is 0 Å². The van der Waals surface area contributed by atoms with Crippen LogP contribution in [0, 0.1) is 13.8 Å². The molecule has 22 heavy (non-hydrogen) atoms. The second kappa shape index (κ2) is 6.61. The third-order valence-corrected chi connectivity index (χ3v) is 4.20. The quantitative estimate of drug-likeness (QED) is 0.869. The van der Waals surface area contributed by atoms with Crippen molar-refractivity contribution in [3.8, 4) is 0 Å². The summed E-state index contributed by atoms with van der Waals surface area (Å²) in [4.78, 5) is 15.7. The van der Waals surface area contributed by atoms with Gasteiger partial charge in [-0.25, -0.2) is 22.9 Å². The molecule has 2 N–H and O–H groups in total. The van der Waals surface area contributed by atoms with Gasteiger partial charge in [-0.3, -0.25) is 0 Å². The van der Waals surface area contributed by atoms with Crippen LogP contribution < -0.4 is 10.0 Å². The molecule has 2 amide bonds. The van der Waals surface area contributed by atoms with Crippen molar-refractivity contribution in [2.24, 2.45) is 0 Å². The third-order valence-electron chi connectivity index (χ3n) is 2.85. The predicted molar refractivity (Wildman–Crippen MR) is 79.8 cm³/mol. The predicted octanol–water partition coefficient (Wildman–Crippen LogP) is 1.52. The Labute approximate surface area is 128 Å². The molecule has 2 aromatic rings. The van der Waals surface area contributed by atoms with Crippen molar-refractivity contribution in [3.05, 3.63) is 47.7 Å². The molecule has 0 radical (unpaired) electrons. The minimum Gasteiger partial charge on any atom is -0.446 e. The lowest BCUT2D eigenvalue weighted by molar-refractivity contribution is 0.245. The number of aromatic nitrogens is 1. The Balaban J connectivity index is 1.86. The van der Waals surface area contributed by atoms with E-state index in [4.69, 9.17) is 4.42 Å². The fourth-order valence-corrected chi connectivity index (χ4v) is 2.66. The fourth-order valence-electron chi connectivity index (χ4n) is 1.73. The number of benzene rings is 1. The molecule has 1 heterocycles. The minimum atomic E-state index is -3.87. The van der Waals surface area contributed by atoms with E-state index in [0.29, 0.717) is 18.1 Å². The maximum atomic E-state index is 12.0. The standard InChI is InChI=1S/C14H17N3O4S/c1-10-3-5-12(6-4-10)22(19,20)17-14(18)15-8-7-13-16-9-11(2)21-13/h3-6,9H,7-8H2,1-2H3,(H2,15,17,18). The normalized spacial score (nSPS) is 11.2. The van der Waals surface area contributed by atoms with Crippen molar-refractivity contribution in [3.63, 3.8) is 0 Å². The van der Waals surface area contributed by atoms with E-state index >= 15 is 0 Å². The van der Waals surface area contributed by atoms with Crippen LogP contribution in [0.3, 0.4) is 0 Å². The van der Waals surface area contributed by atoms with Gasteiger partial charge in [-0.15, -0.1) is 0 Å². The number of nitrogens with zero attached hydrogens (tertiary/aromatic N) is 1. The number of hydrogen-bond acceptors (Lipinski definition) is 5. The van der Waals surface area contributed by atoms with E-state index in [2.05, 4.69) is 10.3 Å². The highest BCUT2D eigenvalue weighted by atomic mass is 32.2. The average Bonchev–Trinajstić information content (AvgIpc) is 2.84. The van der Waals surface area contributed by atoms with Crippen molar-refractivity contribution in [1.82, 2.24) is 15.0 Å². The van der Waals surface area contributed by atoms with Crippen LogP contribution in [0.25, 0.3) is 0 Å². The minimum absolute atomic E-state index is 0.0385. The molecule has 2 rings (SSSR count). The van der Waals surface area contributed by atoms with Crippen LogP contribution in [-0.4, -0.2) is 26.0 Å². The molecule has 1 aromatic carbocycles. The van der Waals surface area contributed by atoms with Gasteiger partial charge in [0.25, 0.3) is 10.0 Å². The smallest absolute Gasteiger partial charge is 0.328 e. The number of nitrogens with one attached hydrogen (secondary N) is 2. The molecule has 8 heteroatoms. The number of sulfonamides is 1. The maximum absolute atomic E-state index is 12.0. The first-order valence-corrected chi connectivity index (χ1v) is 8.14. The summed E-state index contributed by atoms with van der Waals surface area (Å²) in [5, 5.41) is 2.45. The van der Waals surface area contributed by atoms with Crippen molar-refractivity contribution in [1.29, 1.82) is 0 Å². The number of rotatable bonds is 5. The zero-order chi connectivity index (χ0) is 16.2. The van der Waals surface area contributed by atoms with Crippen LogP contribution in [0.15, 0.2) is 39.8 Å². The summed E-state index contributed by atoms with van der Waals surface area (Å²) in [7, 11) is -3.87. The van der Waals surface area contributed by atoms with E-state index in [1.807, 2.05) is 11.6 Å². The average molecular weight is 323 g/mol. The van der Waals surface area contributed by atoms with Crippen LogP contribution in [0.2, 0.25) is 0 Å². The summed E-state index contributed by atoms with van der Waals surface area (Å²) in [6, 6.07) is 5.43. The zero-order valence-corrected chi connectivity index (χ0v) is 13.1. The van der Waals surface area contributed by atoms with Crippen LogP contribution in [0.5, 0.6) is 0 Å². The highest BCUT2D eigenvalue weighted by Crippen LogP contribution is 2.09. The largest absolute Gasteiger partial charge is 0.446 e. The highest BCUT2D eigenvalue weighted by molar-refractivity contribution is 7.90. The molecule has 0 aliphatic carbocycles. The molecule has 0 spiro atoms. The number of amides is 2. The Kier molecular flexibility index (Phi) is 4.81. The summed E-state index contributed by atoms with van der Waals surface area (Å²) < 4.78 is 31.2. The number of hydrogen-bond donors (Lipinski definition) is 2. The Morgan fingerprint density at radius 1 is 1.23 bits per heavy atom. The Morgan fingerprint density at radius 3 is 2.50 bits per heavy atom. The lowest BCUT2D eigenvalue weighted by Crippen LogP contribution is -2.40. The molecule has 0 saturated heterocycles. The zero-order valence-electron chi connectivity index (χ0n) is 12.3. The summed E-state index contributed by atoms with van der Waals surface area (Å²) in [6.07, 6.45) is 1.96. The SMILES string of the molecule is Cc1ccc(S(=O)(=O)NC(=O)NCCc2ncc(C)o2)cc1. The van der Waals surface area contributed by atoms with E-state index in [1.165, 1.54) is 12.1 Å². The number of carbonyl (C=O) groups excluding carboxylic acids is 1. The molecule has 0 saturated carbocycles. The van der Waals surface area contributed by atoms with Crippen LogP contribution in [0.1, 0.15) is 17.2 Å². The molecule has 0 aliphatic rings. The second-order valence-electron chi connectivity index (χ2n) is 4.79. The first kappa shape index (κ1) is 16.0. The number of urea groups is 1. The number of oxazole rings is 1. The number of aryl methyl sites for hydroxylation is 2. The molecule has 7 nitrogen and oxygen atoms in total. The summed E-state index contributed by atoms with van der Waals surface area (Å²) >= 11 is 0. The topological polar surface area (TPSA) is 101 Å². The molecule has 0 fully saturated rings. The van der Waals surface area contributed by atoms with E-state index in [1.54, 1.807) is 25.3 Å². The van der Waals surface area contributed by atoms with E-state index < -0.39 is 16.1 Å². The third kappa shape index (κ3) is 4.32. The molecule has 0 aliphatic heterocycles. The van der Waals surface area contributed by atoms with Crippen molar-refractivity contribution >= 4 is 16.1 Å². The van der Waals surface area contributed by atoms with Gasteiger partial charge in [0.1, 0.15) is 5.76 Å². The van der Waals surface area contributed by atoms with Crippen LogP contribution in [0.4, 0.5) is 4.79 Å². The lowest BCUT2D eigenvalue weighted by Gasteiger charge is -2.08. The van der Waals surface area contributed by atoms with Gasteiger partial charge in [0.05, 0.1) is 11.1 Å². The monoisotopic (exact) mass is 323 g/mol. The van der Waals surface area contributed by atoms with Gasteiger partial charge in [0.2, 0.25) is 0 Å². The lowest BCUT2D eigenvalue weighted by atomic mass is 10.2.